The first-order valence-corrected chi connectivity index (χ1v) is 26.3. The zero-order valence-electron chi connectivity index (χ0n) is 40.3. The third-order valence-electron chi connectivity index (χ3n) is 15.8. The Kier molecular flexibility index (Phi) is 9.09. The molecule has 1 spiro atoms. The van der Waals surface area contributed by atoms with E-state index in [2.05, 4.69) is 231 Å². The standard InChI is InChI=1S/C70H41N3OS/c1-2-14-42(15-3-1)43-28-30-44(31-29-43)67-71-68(49-32-35-54-53-21-7-11-27-64(53)75-65(54)41-49)73-69(72-67)55-22-13-26-63-66(55)57-40-48(34-37-62(57)74-63)46-17-12-16-45(38-46)47-33-36-61-56(39-47)52-20-6-10-25-60(52)70(61)58-23-8-4-18-50(58)51-19-5-9-24-59(51)70/h1-41H. The number of furan rings is 1. The second-order valence-corrected chi connectivity index (χ2v) is 20.9. The lowest BCUT2D eigenvalue weighted by Crippen LogP contribution is -2.25. The van der Waals surface area contributed by atoms with Gasteiger partial charge in [-0.1, -0.05) is 206 Å². The summed E-state index contributed by atoms with van der Waals surface area (Å²) in [5, 5.41) is 4.46. The number of hydrogen-bond acceptors (Lipinski definition) is 5. The van der Waals surface area contributed by atoms with E-state index in [0.29, 0.717) is 17.5 Å². The van der Waals surface area contributed by atoms with Crippen LogP contribution >= 0.6 is 11.3 Å². The van der Waals surface area contributed by atoms with Crippen molar-refractivity contribution in [3.8, 4) is 89.8 Å². The molecule has 11 aromatic carbocycles. The maximum Gasteiger partial charge on any atom is 0.164 e. The maximum atomic E-state index is 6.65. The van der Waals surface area contributed by atoms with E-state index in [9.17, 15) is 0 Å². The molecule has 75 heavy (non-hydrogen) atoms. The number of fused-ring (bicyclic) bond motifs is 16. The van der Waals surface area contributed by atoms with Crippen molar-refractivity contribution in [3.63, 3.8) is 0 Å². The average Bonchev–Trinajstić information content (AvgIpc) is 4.23. The van der Waals surface area contributed by atoms with Crippen molar-refractivity contribution in [1.29, 1.82) is 0 Å². The number of nitrogens with zero attached hydrogens (tertiary/aromatic N) is 3. The molecule has 5 heteroatoms. The molecule has 2 aliphatic carbocycles. The van der Waals surface area contributed by atoms with E-state index in [1.165, 1.54) is 70.2 Å². The van der Waals surface area contributed by atoms with Crippen LogP contribution in [0.3, 0.4) is 0 Å². The fraction of sp³-hybridized carbons (Fsp3) is 0.0143. The van der Waals surface area contributed by atoms with Crippen LogP contribution in [0.1, 0.15) is 22.3 Å². The smallest absolute Gasteiger partial charge is 0.164 e. The average molecular weight is 972 g/mol. The summed E-state index contributed by atoms with van der Waals surface area (Å²) in [5.74, 6) is 1.81. The van der Waals surface area contributed by atoms with Crippen LogP contribution in [0.4, 0.5) is 0 Å². The fourth-order valence-corrected chi connectivity index (χ4v) is 13.6. The van der Waals surface area contributed by atoms with Crippen molar-refractivity contribution in [1.82, 2.24) is 15.0 Å². The molecule has 0 N–H and O–H groups in total. The highest BCUT2D eigenvalue weighted by molar-refractivity contribution is 7.25. The van der Waals surface area contributed by atoms with Gasteiger partial charge < -0.3 is 4.42 Å². The zero-order chi connectivity index (χ0) is 49.2. The Hall–Kier alpha value is -9.55. The van der Waals surface area contributed by atoms with Crippen LogP contribution in [0.25, 0.3) is 132 Å². The van der Waals surface area contributed by atoms with Gasteiger partial charge in [0.2, 0.25) is 0 Å². The predicted octanol–water partition coefficient (Wildman–Crippen LogP) is 18.5. The van der Waals surface area contributed by atoms with E-state index in [1.54, 1.807) is 11.3 Å². The van der Waals surface area contributed by atoms with Crippen LogP contribution in [-0.4, -0.2) is 15.0 Å². The molecule has 3 heterocycles. The third-order valence-corrected chi connectivity index (χ3v) is 16.9. The highest BCUT2D eigenvalue weighted by Crippen LogP contribution is 2.63. The van der Waals surface area contributed by atoms with E-state index in [0.717, 1.165) is 66.4 Å². The largest absolute Gasteiger partial charge is 0.456 e. The van der Waals surface area contributed by atoms with Gasteiger partial charge in [0.1, 0.15) is 11.2 Å². The Labute approximate surface area is 436 Å². The molecule has 0 bridgehead atoms. The van der Waals surface area contributed by atoms with Crippen molar-refractivity contribution in [2.45, 2.75) is 5.41 Å². The minimum Gasteiger partial charge on any atom is -0.456 e. The predicted molar refractivity (Wildman–Crippen MR) is 309 cm³/mol. The first kappa shape index (κ1) is 42.0. The van der Waals surface area contributed by atoms with Gasteiger partial charge in [0.15, 0.2) is 17.5 Å². The number of thiophene rings is 1. The Morgan fingerprint density at radius 1 is 0.280 bits per heavy atom. The summed E-state index contributed by atoms with van der Waals surface area (Å²) in [6.45, 7) is 0. The van der Waals surface area contributed by atoms with Crippen LogP contribution < -0.4 is 0 Å². The highest BCUT2D eigenvalue weighted by Gasteiger charge is 2.51. The summed E-state index contributed by atoms with van der Waals surface area (Å²) >= 11 is 1.79. The topological polar surface area (TPSA) is 51.8 Å². The normalized spacial score (nSPS) is 12.9. The van der Waals surface area contributed by atoms with Crippen molar-refractivity contribution >= 4 is 53.4 Å². The molecule has 0 amide bonds. The van der Waals surface area contributed by atoms with Gasteiger partial charge in [-0.25, -0.2) is 15.0 Å². The van der Waals surface area contributed by atoms with Gasteiger partial charge in [-0.05, 0) is 120 Å². The Bertz CT molecular complexity index is 4620. The van der Waals surface area contributed by atoms with E-state index < -0.39 is 0 Å². The van der Waals surface area contributed by atoms with Crippen LogP contribution in [-0.2, 0) is 5.41 Å². The van der Waals surface area contributed by atoms with E-state index >= 15 is 0 Å². The number of rotatable bonds is 6. The Morgan fingerprint density at radius 2 is 0.787 bits per heavy atom. The maximum absolute atomic E-state index is 6.65. The second kappa shape index (κ2) is 16.2. The van der Waals surface area contributed by atoms with Gasteiger partial charge >= 0.3 is 0 Å². The highest BCUT2D eigenvalue weighted by atomic mass is 32.1. The minimum absolute atomic E-state index is 0.367. The molecule has 0 unspecified atom stereocenters. The summed E-state index contributed by atoms with van der Waals surface area (Å²) < 4.78 is 9.10. The molecule has 0 atom stereocenters. The molecular formula is C70H41N3OS. The molecule has 348 valence electrons. The molecule has 0 radical (unpaired) electrons. The summed E-state index contributed by atoms with van der Waals surface area (Å²) in [6, 6.07) is 89.9. The summed E-state index contributed by atoms with van der Waals surface area (Å²) in [6.07, 6.45) is 0. The second-order valence-electron chi connectivity index (χ2n) is 19.8. The lowest BCUT2D eigenvalue weighted by Gasteiger charge is -2.30. The molecule has 14 aromatic rings. The Morgan fingerprint density at radius 3 is 1.55 bits per heavy atom. The van der Waals surface area contributed by atoms with E-state index in [1.807, 2.05) is 18.2 Å². The third kappa shape index (κ3) is 6.32. The SMILES string of the molecule is c1ccc(-c2ccc(-c3nc(-c4ccc5c(c4)sc4ccccc45)nc(-c4cccc5oc6ccc(-c7cccc(-c8ccc9c(c8)-c8ccccc8C98c9ccccc9-c9ccccc98)c7)cc6c45)n3)cc2)cc1. The number of hydrogen-bond donors (Lipinski definition) is 0. The van der Waals surface area contributed by atoms with Gasteiger partial charge in [-0.2, -0.15) is 0 Å². The minimum atomic E-state index is -0.367. The summed E-state index contributed by atoms with van der Waals surface area (Å²) in [5.41, 5.74) is 21.4. The monoisotopic (exact) mass is 971 g/mol. The Balaban J connectivity index is 0.814. The molecule has 0 saturated carbocycles. The van der Waals surface area contributed by atoms with Gasteiger partial charge in [-0.15, -0.1) is 11.3 Å². The van der Waals surface area contributed by atoms with E-state index in [-0.39, 0.29) is 5.41 Å². The van der Waals surface area contributed by atoms with E-state index in [4.69, 9.17) is 19.4 Å². The molecule has 0 fully saturated rings. The summed E-state index contributed by atoms with van der Waals surface area (Å²) in [4.78, 5) is 15.8. The lowest BCUT2D eigenvalue weighted by atomic mass is 9.70. The first-order chi connectivity index (χ1) is 37.1. The van der Waals surface area contributed by atoms with Gasteiger partial charge in [0, 0.05) is 47.6 Å². The zero-order valence-corrected chi connectivity index (χ0v) is 41.1. The van der Waals surface area contributed by atoms with Crippen LogP contribution in [0.15, 0.2) is 253 Å². The first-order valence-electron chi connectivity index (χ1n) is 25.5. The van der Waals surface area contributed by atoms with Gasteiger partial charge in [0.05, 0.1) is 5.41 Å². The number of benzene rings is 11. The quantitative estimate of drug-likeness (QED) is 0.167. The van der Waals surface area contributed by atoms with Crippen LogP contribution in [0.2, 0.25) is 0 Å². The molecular weight excluding hydrogens is 931 g/mol. The molecule has 0 aliphatic heterocycles. The number of aromatic nitrogens is 3. The molecule has 0 saturated heterocycles. The van der Waals surface area contributed by atoms with Crippen molar-refractivity contribution in [2.75, 3.05) is 0 Å². The van der Waals surface area contributed by atoms with Crippen molar-refractivity contribution in [2.24, 2.45) is 0 Å². The van der Waals surface area contributed by atoms with Gasteiger partial charge in [-0.3, -0.25) is 0 Å². The van der Waals surface area contributed by atoms with Crippen molar-refractivity contribution < 1.29 is 4.42 Å². The summed E-state index contributed by atoms with van der Waals surface area (Å²) in [7, 11) is 0. The molecule has 4 nitrogen and oxygen atoms in total. The molecule has 2 aliphatic rings. The van der Waals surface area contributed by atoms with Gasteiger partial charge in [0.25, 0.3) is 0 Å². The molecule has 16 rings (SSSR count). The van der Waals surface area contributed by atoms with Crippen LogP contribution in [0.5, 0.6) is 0 Å². The van der Waals surface area contributed by atoms with Crippen LogP contribution in [0, 0.1) is 0 Å². The fourth-order valence-electron chi connectivity index (χ4n) is 12.4. The lowest BCUT2D eigenvalue weighted by molar-refractivity contribution is 0.669. The molecule has 3 aromatic heterocycles. The van der Waals surface area contributed by atoms with Crippen molar-refractivity contribution in [3.05, 3.63) is 271 Å².